The highest BCUT2D eigenvalue weighted by molar-refractivity contribution is 4.76. The normalized spacial score (nSPS) is 27.3. The van der Waals surface area contributed by atoms with Crippen LogP contribution in [0, 0.1) is 0 Å². The standard InChI is InChI=1S/C9H20N2/c1-2-6-11-7-4-3-5-9(11)8-10/h9H,2-8,10H2,1H3. The second kappa shape index (κ2) is 4.73. The molecule has 0 aromatic heterocycles. The van der Waals surface area contributed by atoms with Gasteiger partial charge < -0.3 is 5.73 Å². The SMILES string of the molecule is CCCN1CCCCC1CN. The molecule has 1 unspecified atom stereocenters. The van der Waals surface area contributed by atoms with E-state index in [-0.39, 0.29) is 0 Å². The molecule has 1 aliphatic heterocycles. The Labute approximate surface area is 69.8 Å². The van der Waals surface area contributed by atoms with Crippen molar-refractivity contribution in [2.75, 3.05) is 19.6 Å². The van der Waals surface area contributed by atoms with Gasteiger partial charge in [0, 0.05) is 12.6 Å². The summed E-state index contributed by atoms with van der Waals surface area (Å²) in [4.78, 5) is 2.55. The second-order valence-electron chi connectivity index (χ2n) is 3.42. The number of hydrogen-bond acceptors (Lipinski definition) is 2. The molecule has 0 amide bonds. The van der Waals surface area contributed by atoms with Gasteiger partial charge in [0.15, 0.2) is 0 Å². The van der Waals surface area contributed by atoms with Crippen LogP contribution >= 0.6 is 0 Å². The van der Waals surface area contributed by atoms with E-state index in [0.717, 1.165) is 6.54 Å². The average molecular weight is 156 g/mol. The molecule has 0 spiro atoms. The Bertz CT molecular complexity index is 102. The van der Waals surface area contributed by atoms with Crippen LogP contribution in [0.1, 0.15) is 32.6 Å². The van der Waals surface area contributed by atoms with E-state index >= 15 is 0 Å². The molecule has 0 bridgehead atoms. The Hall–Kier alpha value is -0.0800. The molecule has 1 aliphatic rings. The van der Waals surface area contributed by atoms with Crippen LogP contribution in [0.25, 0.3) is 0 Å². The van der Waals surface area contributed by atoms with Crippen molar-refractivity contribution in [2.45, 2.75) is 38.6 Å². The highest BCUT2D eigenvalue weighted by Crippen LogP contribution is 2.15. The fourth-order valence-corrected chi connectivity index (χ4v) is 1.91. The lowest BCUT2D eigenvalue weighted by atomic mass is 10.0. The molecule has 66 valence electrons. The van der Waals surface area contributed by atoms with Crippen molar-refractivity contribution < 1.29 is 0 Å². The van der Waals surface area contributed by atoms with Gasteiger partial charge in [0.2, 0.25) is 0 Å². The molecular formula is C9H20N2. The van der Waals surface area contributed by atoms with Gasteiger partial charge in [0.25, 0.3) is 0 Å². The fourth-order valence-electron chi connectivity index (χ4n) is 1.91. The van der Waals surface area contributed by atoms with Crippen LogP contribution < -0.4 is 5.73 Å². The molecule has 0 aromatic carbocycles. The quantitative estimate of drug-likeness (QED) is 0.665. The van der Waals surface area contributed by atoms with E-state index in [1.807, 2.05) is 0 Å². The molecule has 1 fully saturated rings. The topological polar surface area (TPSA) is 29.3 Å². The molecule has 0 aromatic rings. The summed E-state index contributed by atoms with van der Waals surface area (Å²) in [6.07, 6.45) is 5.32. The Morgan fingerprint density at radius 2 is 2.27 bits per heavy atom. The van der Waals surface area contributed by atoms with Gasteiger partial charge in [-0.25, -0.2) is 0 Å². The lowest BCUT2D eigenvalue weighted by Gasteiger charge is -2.34. The van der Waals surface area contributed by atoms with Crippen molar-refractivity contribution in [1.29, 1.82) is 0 Å². The van der Waals surface area contributed by atoms with Crippen LogP contribution in [0.2, 0.25) is 0 Å². The molecule has 1 heterocycles. The van der Waals surface area contributed by atoms with Gasteiger partial charge in [-0.3, -0.25) is 4.90 Å². The van der Waals surface area contributed by atoms with Gasteiger partial charge in [-0.05, 0) is 32.4 Å². The molecule has 1 rings (SSSR count). The van der Waals surface area contributed by atoms with E-state index in [9.17, 15) is 0 Å². The van der Waals surface area contributed by atoms with Crippen LogP contribution in [0.3, 0.4) is 0 Å². The molecule has 0 saturated carbocycles. The number of nitrogens with zero attached hydrogens (tertiary/aromatic N) is 1. The number of likely N-dealkylation sites (tertiary alicyclic amines) is 1. The molecule has 0 aliphatic carbocycles. The number of nitrogens with two attached hydrogens (primary N) is 1. The van der Waals surface area contributed by atoms with E-state index in [4.69, 9.17) is 5.73 Å². The maximum absolute atomic E-state index is 5.68. The predicted molar refractivity (Wildman–Crippen MR) is 48.6 cm³/mol. The summed E-state index contributed by atoms with van der Waals surface area (Å²) in [5.41, 5.74) is 5.68. The molecule has 2 nitrogen and oxygen atoms in total. The zero-order valence-corrected chi connectivity index (χ0v) is 7.55. The first-order chi connectivity index (χ1) is 5.38. The number of rotatable bonds is 3. The lowest BCUT2D eigenvalue weighted by Crippen LogP contribution is -2.44. The minimum Gasteiger partial charge on any atom is -0.329 e. The van der Waals surface area contributed by atoms with Crippen molar-refractivity contribution >= 4 is 0 Å². The molecule has 1 saturated heterocycles. The largest absolute Gasteiger partial charge is 0.329 e. The van der Waals surface area contributed by atoms with Crippen LogP contribution in [-0.2, 0) is 0 Å². The Kier molecular flexibility index (Phi) is 3.87. The summed E-state index contributed by atoms with van der Waals surface area (Å²) >= 11 is 0. The van der Waals surface area contributed by atoms with Crippen LogP contribution in [-0.4, -0.2) is 30.6 Å². The first kappa shape index (κ1) is 9.01. The van der Waals surface area contributed by atoms with E-state index in [1.54, 1.807) is 0 Å². The Morgan fingerprint density at radius 3 is 2.91 bits per heavy atom. The van der Waals surface area contributed by atoms with Gasteiger partial charge in [-0.1, -0.05) is 13.3 Å². The lowest BCUT2D eigenvalue weighted by molar-refractivity contribution is 0.153. The van der Waals surface area contributed by atoms with Gasteiger partial charge in [-0.2, -0.15) is 0 Å². The molecule has 1 atom stereocenters. The molecule has 2 N–H and O–H groups in total. The summed E-state index contributed by atoms with van der Waals surface area (Å²) in [5.74, 6) is 0. The zero-order valence-electron chi connectivity index (χ0n) is 7.55. The maximum Gasteiger partial charge on any atom is 0.0218 e. The molecule has 2 heteroatoms. The molecule has 0 radical (unpaired) electrons. The van der Waals surface area contributed by atoms with Crippen LogP contribution in [0.4, 0.5) is 0 Å². The first-order valence-electron chi connectivity index (χ1n) is 4.82. The summed E-state index contributed by atoms with van der Waals surface area (Å²) in [6, 6.07) is 0.684. The zero-order chi connectivity index (χ0) is 8.10. The maximum atomic E-state index is 5.68. The number of piperidine rings is 1. The third-order valence-corrected chi connectivity index (χ3v) is 2.53. The van der Waals surface area contributed by atoms with E-state index in [1.165, 1.54) is 38.8 Å². The smallest absolute Gasteiger partial charge is 0.0218 e. The van der Waals surface area contributed by atoms with E-state index in [0.29, 0.717) is 6.04 Å². The minimum absolute atomic E-state index is 0.684. The minimum atomic E-state index is 0.684. The van der Waals surface area contributed by atoms with Crippen molar-refractivity contribution in [1.82, 2.24) is 4.90 Å². The van der Waals surface area contributed by atoms with Crippen molar-refractivity contribution in [3.63, 3.8) is 0 Å². The number of hydrogen-bond donors (Lipinski definition) is 1. The van der Waals surface area contributed by atoms with Gasteiger partial charge >= 0.3 is 0 Å². The first-order valence-corrected chi connectivity index (χ1v) is 4.82. The summed E-state index contributed by atoms with van der Waals surface area (Å²) in [6.45, 7) is 5.60. The highest BCUT2D eigenvalue weighted by atomic mass is 15.2. The molecular weight excluding hydrogens is 136 g/mol. The predicted octanol–water partition coefficient (Wildman–Crippen LogP) is 1.21. The van der Waals surface area contributed by atoms with Crippen molar-refractivity contribution in [2.24, 2.45) is 5.73 Å². The van der Waals surface area contributed by atoms with Gasteiger partial charge in [0.05, 0.1) is 0 Å². The Balaban J connectivity index is 2.31. The van der Waals surface area contributed by atoms with Crippen LogP contribution in [0.15, 0.2) is 0 Å². The monoisotopic (exact) mass is 156 g/mol. The fraction of sp³-hybridized carbons (Fsp3) is 1.00. The second-order valence-corrected chi connectivity index (χ2v) is 3.42. The molecule has 11 heavy (non-hydrogen) atoms. The average Bonchev–Trinajstić information content (AvgIpc) is 2.06. The van der Waals surface area contributed by atoms with Gasteiger partial charge in [0.1, 0.15) is 0 Å². The van der Waals surface area contributed by atoms with Crippen LogP contribution in [0.5, 0.6) is 0 Å². The third kappa shape index (κ3) is 2.46. The summed E-state index contributed by atoms with van der Waals surface area (Å²) < 4.78 is 0. The summed E-state index contributed by atoms with van der Waals surface area (Å²) in [7, 11) is 0. The third-order valence-electron chi connectivity index (χ3n) is 2.53. The van der Waals surface area contributed by atoms with Crippen molar-refractivity contribution in [3.8, 4) is 0 Å². The van der Waals surface area contributed by atoms with E-state index in [2.05, 4.69) is 11.8 Å². The Morgan fingerprint density at radius 1 is 1.45 bits per heavy atom. The van der Waals surface area contributed by atoms with Crippen molar-refractivity contribution in [3.05, 3.63) is 0 Å². The summed E-state index contributed by atoms with van der Waals surface area (Å²) in [5, 5.41) is 0. The van der Waals surface area contributed by atoms with E-state index < -0.39 is 0 Å². The highest BCUT2D eigenvalue weighted by Gasteiger charge is 2.19. The van der Waals surface area contributed by atoms with Gasteiger partial charge in [-0.15, -0.1) is 0 Å².